The highest BCUT2D eigenvalue weighted by Gasteiger charge is 2.58. The summed E-state index contributed by atoms with van der Waals surface area (Å²) in [6.07, 6.45) is 1.35. The topological polar surface area (TPSA) is 41.5 Å². The van der Waals surface area contributed by atoms with Crippen molar-refractivity contribution in [3.8, 4) is 0 Å². The van der Waals surface area contributed by atoms with Gasteiger partial charge in [-0.05, 0) is 13.3 Å². The highest BCUT2D eigenvalue weighted by molar-refractivity contribution is 5.11. The van der Waals surface area contributed by atoms with Gasteiger partial charge in [-0.25, -0.2) is 0 Å². The van der Waals surface area contributed by atoms with E-state index in [1.165, 1.54) is 6.42 Å². The third-order valence-corrected chi connectivity index (χ3v) is 3.73. The fraction of sp³-hybridized carbons (Fsp3) is 1.00. The van der Waals surface area contributed by atoms with Gasteiger partial charge in [-0.1, -0.05) is 13.8 Å². The summed E-state index contributed by atoms with van der Waals surface area (Å²) < 4.78 is 5.70. The molecule has 3 unspecified atom stereocenters. The zero-order valence-corrected chi connectivity index (χ0v) is 9.29. The Labute approximate surface area is 85.8 Å². The third-order valence-electron chi connectivity index (χ3n) is 3.73. The lowest BCUT2D eigenvalue weighted by atomic mass is 9.57. The number of rotatable bonds is 3. The highest BCUT2D eigenvalue weighted by Crippen LogP contribution is 2.51. The summed E-state index contributed by atoms with van der Waals surface area (Å²) in [7, 11) is 0. The van der Waals surface area contributed by atoms with Crippen LogP contribution in [0.5, 0.6) is 0 Å². The maximum absolute atomic E-state index is 9.24. The first-order chi connectivity index (χ1) is 6.53. The minimum absolute atomic E-state index is 0.232. The van der Waals surface area contributed by atoms with Crippen LogP contribution >= 0.6 is 0 Å². The van der Waals surface area contributed by atoms with Gasteiger partial charge in [0, 0.05) is 30.5 Å². The first kappa shape index (κ1) is 10.4. The molecule has 0 bridgehead atoms. The molecule has 0 spiro atoms. The molecule has 0 aromatic heterocycles. The smallest absolute Gasteiger partial charge is 0.0685 e. The Hall–Kier alpha value is -0.120. The van der Waals surface area contributed by atoms with E-state index in [1.54, 1.807) is 0 Å². The summed E-state index contributed by atoms with van der Waals surface area (Å²) in [5, 5.41) is 12.7. The van der Waals surface area contributed by atoms with E-state index in [9.17, 15) is 5.11 Å². The van der Waals surface area contributed by atoms with Crippen LogP contribution in [0, 0.1) is 11.3 Å². The Balaban J connectivity index is 1.92. The lowest BCUT2D eigenvalue weighted by molar-refractivity contribution is -0.114. The van der Waals surface area contributed by atoms with Crippen molar-refractivity contribution in [2.75, 3.05) is 13.2 Å². The zero-order chi connectivity index (χ0) is 10.3. The van der Waals surface area contributed by atoms with Gasteiger partial charge in [-0.3, -0.25) is 0 Å². The van der Waals surface area contributed by atoms with Gasteiger partial charge in [0.1, 0.15) is 0 Å². The van der Waals surface area contributed by atoms with E-state index < -0.39 is 0 Å². The predicted octanol–water partition coefficient (Wildman–Crippen LogP) is 0.770. The SMILES string of the molecule is C[C@H](O)CNC1C2CCOC2C1(C)C. The van der Waals surface area contributed by atoms with Crippen LogP contribution in [-0.2, 0) is 4.74 Å². The lowest BCUT2D eigenvalue weighted by Gasteiger charge is -2.55. The molecule has 1 saturated carbocycles. The van der Waals surface area contributed by atoms with Gasteiger partial charge in [-0.2, -0.15) is 0 Å². The molecule has 1 aliphatic carbocycles. The second-order valence-corrected chi connectivity index (χ2v) is 5.30. The van der Waals surface area contributed by atoms with Crippen LogP contribution in [0.15, 0.2) is 0 Å². The quantitative estimate of drug-likeness (QED) is 0.705. The number of hydrogen-bond donors (Lipinski definition) is 2. The standard InChI is InChI=1S/C11H21NO2/c1-7(13)6-12-9-8-4-5-14-10(8)11(9,2)3/h7-10,12-13H,4-6H2,1-3H3/t7-,8?,9?,10?/m0/s1. The Morgan fingerprint density at radius 3 is 2.93 bits per heavy atom. The largest absolute Gasteiger partial charge is 0.392 e. The molecule has 3 heteroatoms. The molecular formula is C11H21NO2. The van der Waals surface area contributed by atoms with Crippen molar-refractivity contribution >= 4 is 0 Å². The van der Waals surface area contributed by atoms with Gasteiger partial charge in [0.15, 0.2) is 0 Å². The molecule has 0 radical (unpaired) electrons. The molecule has 1 heterocycles. The molecule has 3 nitrogen and oxygen atoms in total. The summed E-state index contributed by atoms with van der Waals surface area (Å²) in [4.78, 5) is 0. The predicted molar refractivity (Wildman–Crippen MR) is 55.1 cm³/mol. The van der Waals surface area contributed by atoms with Crippen molar-refractivity contribution in [3.63, 3.8) is 0 Å². The summed E-state index contributed by atoms with van der Waals surface area (Å²) in [6.45, 7) is 7.92. The number of ether oxygens (including phenoxy) is 1. The third kappa shape index (κ3) is 1.47. The minimum atomic E-state index is -0.257. The molecule has 0 aromatic rings. The normalized spacial score (nSPS) is 41.6. The van der Waals surface area contributed by atoms with E-state index >= 15 is 0 Å². The number of aliphatic hydroxyl groups is 1. The summed E-state index contributed by atoms with van der Waals surface area (Å²) in [5.74, 6) is 0.670. The molecule has 82 valence electrons. The van der Waals surface area contributed by atoms with Crippen molar-refractivity contribution < 1.29 is 9.84 Å². The van der Waals surface area contributed by atoms with Crippen molar-refractivity contribution in [1.29, 1.82) is 0 Å². The van der Waals surface area contributed by atoms with Crippen molar-refractivity contribution in [2.45, 2.75) is 45.4 Å². The average Bonchev–Trinajstić information content (AvgIpc) is 2.49. The van der Waals surface area contributed by atoms with Gasteiger partial charge in [0.25, 0.3) is 0 Å². The number of nitrogens with one attached hydrogen (secondary N) is 1. The second-order valence-electron chi connectivity index (χ2n) is 5.30. The lowest BCUT2D eigenvalue weighted by Crippen LogP contribution is -2.66. The molecule has 2 N–H and O–H groups in total. The summed E-state index contributed by atoms with van der Waals surface area (Å²) >= 11 is 0. The van der Waals surface area contributed by atoms with Crippen LogP contribution in [0.1, 0.15) is 27.2 Å². The second kappa shape index (κ2) is 3.47. The molecule has 4 atom stereocenters. The molecule has 0 aromatic carbocycles. The summed E-state index contributed by atoms with van der Waals surface area (Å²) in [6, 6.07) is 0.518. The van der Waals surface area contributed by atoms with Gasteiger partial charge >= 0.3 is 0 Å². The van der Waals surface area contributed by atoms with Crippen LogP contribution < -0.4 is 5.32 Å². The first-order valence-corrected chi connectivity index (χ1v) is 5.56. The van der Waals surface area contributed by atoms with E-state index in [0.29, 0.717) is 24.6 Å². The number of fused-ring (bicyclic) bond motifs is 1. The highest BCUT2D eigenvalue weighted by atomic mass is 16.5. The monoisotopic (exact) mass is 199 g/mol. The van der Waals surface area contributed by atoms with E-state index in [2.05, 4.69) is 19.2 Å². The number of hydrogen-bond acceptors (Lipinski definition) is 3. The average molecular weight is 199 g/mol. The summed E-state index contributed by atoms with van der Waals surface area (Å²) in [5.41, 5.74) is 0.232. The van der Waals surface area contributed by atoms with Gasteiger partial charge in [0.2, 0.25) is 0 Å². The first-order valence-electron chi connectivity index (χ1n) is 5.56. The van der Waals surface area contributed by atoms with Crippen LogP contribution in [0.2, 0.25) is 0 Å². The van der Waals surface area contributed by atoms with Crippen molar-refractivity contribution in [2.24, 2.45) is 11.3 Å². The van der Waals surface area contributed by atoms with E-state index in [1.807, 2.05) is 6.92 Å². The van der Waals surface area contributed by atoms with Crippen molar-refractivity contribution in [1.82, 2.24) is 5.32 Å². The van der Waals surface area contributed by atoms with Crippen molar-refractivity contribution in [3.05, 3.63) is 0 Å². The molecule has 2 fully saturated rings. The minimum Gasteiger partial charge on any atom is -0.392 e. The van der Waals surface area contributed by atoms with Gasteiger partial charge < -0.3 is 15.2 Å². The Kier molecular flexibility index (Phi) is 2.58. The molecular weight excluding hydrogens is 178 g/mol. The molecule has 2 aliphatic rings. The van der Waals surface area contributed by atoms with E-state index in [4.69, 9.17) is 4.74 Å². The molecule has 1 aliphatic heterocycles. The molecule has 14 heavy (non-hydrogen) atoms. The molecule has 1 saturated heterocycles. The fourth-order valence-electron chi connectivity index (χ4n) is 3.04. The van der Waals surface area contributed by atoms with Gasteiger partial charge in [-0.15, -0.1) is 0 Å². The Morgan fingerprint density at radius 1 is 1.57 bits per heavy atom. The van der Waals surface area contributed by atoms with Crippen LogP contribution in [0.25, 0.3) is 0 Å². The van der Waals surface area contributed by atoms with Crippen LogP contribution in [0.4, 0.5) is 0 Å². The zero-order valence-electron chi connectivity index (χ0n) is 9.29. The van der Waals surface area contributed by atoms with Crippen LogP contribution in [-0.4, -0.2) is 36.5 Å². The Morgan fingerprint density at radius 2 is 2.29 bits per heavy atom. The maximum Gasteiger partial charge on any atom is 0.0685 e. The molecule has 2 rings (SSSR count). The van der Waals surface area contributed by atoms with Gasteiger partial charge in [0.05, 0.1) is 12.2 Å². The van der Waals surface area contributed by atoms with E-state index in [-0.39, 0.29) is 11.5 Å². The molecule has 0 amide bonds. The Bertz CT molecular complexity index is 215. The van der Waals surface area contributed by atoms with E-state index in [0.717, 1.165) is 6.61 Å². The maximum atomic E-state index is 9.24. The van der Waals surface area contributed by atoms with Crippen LogP contribution in [0.3, 0.4) is 0 Å². The fourth-order valence-corrected chi connectivity index (χ4v) is 3.04. The number of aliphatic hydroxyl groups excluding tert-OH is 1.